The van der Waals surface area contributed by atoms with Gasteiger partial charge in [0.2, 0.25) is 0 Å². The molecule has 2 aliphatic heterocycles. The third kappa shape index (κ3) is 5.34. The minimum absolute atomic E-state index is 0.135. The van der Waals surface area contributed by atoms with Gasteiger partial charge in [0.05, 0.1) is 5.02 Å². The number of nitrogens with zero attached hydrogens (tertiary/aromatic N) is 1. The van der Waals surface area contributed by atoms with Crippen LogP contribution in [0.3, 0.4) is 0 Å². The van der Waals surface area contributed by atoms with Gasteiger partial charge in [0.25, 0.3) is 0 Å². The molecule has 0 aromatic heterocycles. The van der Waals surface area contributed by atoms with E-state index < -0.39 is 5.82 Å². The summed E-state index contributed by atoms with van der Waals surface area (Å²) < 4.78 is 21.9. The first-order valence-corrected chi connectivity index (χ1v) is 13.4. The molecule has 2 aromatic carbocycles. The third-order valence-electron chi connectivity index (χ3n) is 5.51. The van der Waals surface area contributed by atoms with Gasteiger partial charge in [0.1, 0.15) is 0 Å². The van der Waals surface area contributed by atoms with Crippen LogP contribution in [0.25, 0.3) is 0 Å². The number of hydrogen-bond acceptors (Lipinski definition) is 4. The molecule has 2 saturated heterocycles. The van der Waals surface area contributed by atoms with E-state index in [1.807, 2.05) is 6.07 Å². The fourth-order valence-corrected chi connectivity index (χ4v) is 7.00. The number of halogens is 3. The standard InChI is InChI=1S/C22H27ClFIN3O/c1-16-10-17(27-18-2-4-19(23)20(24)11-18)3-5-21(16)26-14-22(12-25-13-22)15-28-6-8-29-9-7-28/h2-5,10-11,26-27H,6-9,12-15H2,1H3/q-1. The van der Waals surface area contributed by atoms with E-state index in [-0.39, 0.29) is 5.02 Å². The monoisotopic (exact) mass is 530 g/mol. The molecule has 2 aromatic rings. The topological polar surface area (TPSA) is 36.5 Å². The second-order valence-electron chi connectivity index (χ2n) is 7.98. The molecular weight excluding hydrogens is 504 g/mol. The van der Waals surface area contributed by atoms with Crippen molar-refractivity contribution in [2.75, 3.05) is 58.9 Å². The second-order valence-corrected chi connectivity index (χ2v) is 11.0. The Hall–Kier alpha value is -1.09. The molecule has 2 fully saturated rings. The Morgan fingerprint density at radius 3 is 2.52 bits per heavy atom. The number of morpholine rings is 1. The van der Waals surface area contributed by atoms with Gasteiger partial charge in [-0.15, -0.1) is 0 Å². The van der Waals surface area contributed by atoms with Gasteiger partial charge in [-0.3, -0.25) is 0 Å². The van der Waals surface area contributed by atoms with Gasteiger partial charge in [-0.05, 0) is 0 Å². The first-order valence-electron chi connectivity index (χ1n) is 9.93. The van der Waals surface area contributed by atoms with Crippen LogP contribution in [-0.2, 0) is 4.74 Å². The van der Waals surface area contributed by atoms with E-state index in [1.165, 1.54) is 32.7 Å². The summed E-state index contributed by atoms with van der Waals surface area (Å²) in [6, 6.07) is 11.0. The van der Waals surface area contributed by atoms with Gasteiger partial charge < -0.3 is 0 Å². The molecule has 0 aliphatic carbocycles. The molecule has 0 atom stereocenters. The first kappa shape index (κ1) is 21.2. The van der Waals surface area contributed by atoms with Gasteiger partial charge in [-0.1, -0.05) is 11.6 Å². The predicted octanol–water partition coefficient (Wildman–Crippen LogP) is 1.36. The molecule has 4 rings (SSSR count). The van der Waals surface area contributed by atoms with Crippen LogP contribution in [0.5, 0.6) is 0 Å². The molecule has 29 heavy (non-hydrogen) atoms. The molecule has 0 amide bonds. The van der Waals surface area contributed by atoms with Gasteiger partial charge in [-0.25, -0.2) is 4.39 Å². The molecule has 2 aliphatic rings. The normalized spacial score (nSPS) is 19.1. The molecular formula is C22H27ClFIN3O-. The summed E-state index contributed by atoms with van der Waals surface area (Å²) in [5.41, 5.74) is 4.40. The van der Waals surface area contributed by atoms with Crippen molar-refractivity contribution in [3.8, 4) is 0 Å². The third-order valence-corrected chi connectivity index (χ3v) is 10.1. The van der Waals surface area contributed by atoms with Crippen molar-refractivity contribution in [2.45, 2.75) is 6.92 Å². The van der Waals surface area contributed by atoms with Crippen molar-refractivity contribution in [3.63, 3.8) is 0 Å². The first-order chi connectivity index (χ1) is 14.0. The molecule has 0 spiro atoms. The van der Waals surface area contributed by atoms with Gasteiger partial charge in [0, 0.05) is 0 Å². The Labute approximate surface area is 187 Å². The number of anilines is 3. The quantitative estimate of drug-likeness (QED) is 0.419. The summed E-state index contributed by atoms with van der Waals surface area (Å²) in [4.78, 5) is 2.57. The molecule has 0 saturated carbocycles. The van der Waals surface area contributed by atoms with Crippen molar-refractivity contribution in [2.24, 2.45) is 5.41 Å². The number of aryl methyl sites for hydroxylation is 1. The van der Waals surface area contributed by atoms with E-state index in [9.17, 15) is 4.39 Å². The maximum atomic E-state index is 13.7. The van der Waals surface area contributed by atoms with Crippen LogP contribution in [0.2, 0.25) is 5.02 Å². The fraction of sp³-hybridized carbons (Fsp3) is 0.455. The Bertz CT molecular complexity index is 856. The zero-order chi connectivity index (χ0) is 20.3. The van der Waals surface area contributed by atoms with Crippen LogP contribution in [-0.4, -0.2) is 53.1 Å². The SMILES string of the molecule is Cc1cc(Nc2ccc(Cl)c(F)c2)ccc1NCC1(CN2CCOCC2)C[I-]C1. The molecule has 0 radical (unpaired) electrons. The summed E-state index contributed by atoms with van der Waals surface area (Å²) in [5, 5.41) is 7.09. The van der Waals surface area contributed by atoms with Crippen LogP contribution in [0.1, 0.15) is 5.56 Å². The van der Waals surface area contributed by atoms with Gasteiger partial charge in [-0.2, -0.15) is 0 Å². The maximum absolute atomic E-state index is 13.7. The fourth-order valence-electron chi connectivity index (χ4n) is 3.79. The van der Waals surface area contributed by atoms with Crippen molar-refractivity contribution < 1.29 is 30.3 Å². The summed E-state index contributed by atoms with van der Waals surface area (Å²) in [7, 11) is 0. The van der Waals surface area contributed by atoms with Crippen molar-refractivity contribution in [1.82, 2.24) is 4.90 Å². The van der Waals surface area contributed by atoms with Crippen LogP contribution < -0.4 is 31.8 Å². The van der Waals surface area contributed by atoms with E-state index in [0.717, 1.165) is 38.5 Å². The van der Waals surface area contributed by atoms with Gasteiger partial charge in [0.15, 0.2) is 0 Å². The number of rotatable bonds is 7. The average Bonchev–Trinajstić information content (AvgIpc) is 2.69. The number of nitrogens with one attached hydrogen (secondary N) is 2. The second kappa shape index (κ2) is 9.37. The minimum atomic E-state index is -0.416. The van der Waals surface area contributed by atoms with E-state index in [0.29, 0.717) is 32.3 Å². The Morgan fingerprint density at radius 2 is 1.86 bits per heavy atom. The molecule has 0 bridgehead atoms. The van der Waals surface area contributed by atoms with Crippen LogP contribution in [0.4, 0.5) is 21.5 Å². The summed E-state index contributed by atoms with van der Waals surface area (Å²) >= 11 is 6.16. The summed E-state index contributed by atoms with van der Waals surface area (Å²) in [5.74, 6) is -0.416. The molecule has 2 N–H and O–H groups in total. The molecule has 2 heterocycles. The van der Waals surface area contributed by atoms with Gasteiger partial charge >= 0.3 is 167 Å². The van der Waals surface area contributed by atoms with Crippen molar-refractivity contribution >= 4 is 28.7 Å². The van der Waals surface area contributed by atoms with E-state index in [4.69, 9.17) is 16.3 Å². The predicted molar refractivity (Wildman–Crippen MR) is 114 cm³/mol. The van der Waals surface area contributed by atoms with E-state index in [1.54, 1.807) is 12.1 Å². The van der Waals surface area contributed by atoms with Crippen molar-refractivity contribution in [1.29, 1.82) is 0 Å². The zero-order valence-corrected chi connectivity index (χ0v) is 19.5. The van der Waals surface area contributed by atoms with Crippen LogP contribution in [0.15, 0.2) is 36.4 Å². The van der Waals surface area contributed by atoms with E-state index >= 15 is 0 Å². The molecule has 7 heteroatoms. The summed E-state index contributed by atoms with van der Waals surface area (Å²) in [6.07, 6.45) is 0. The zero-order valence-electron chi connectivity index (χ0n) is 16.6. The van der Waals surface area contributed by atoms with Crippen LogP contribution in [0, 0.1) is 18.2 Å². The molecule has 4 nitrogen and oxygen atoms in total. The van der Waals surface area contributed by atoms with E-state index in [2.05, 4.69) is 34.6 Å². The number of alkyl halides is 2. The van der Waals surface area contributed by atoms with Crippen LogP contribution >= 0.6 is 11.6 Å². The molecule has 158 valence electrons. The average molecular weight is 531 g/mol. The Kier molecular flexibility index (Phi) is 6.83. The Morgan fingerprint density at radius 1 is 1.14 bits per heavy atom. The molecule has 0 unspecified atom stereocenters. The Balaban J connectivity index is 1.37. The summed E-state index contributed by atoms with van der Waals surface area (Å²) in [6.45, 7) is 8.17. The number of hydrogen-bond donors (Lipinski definition) is 2. The number of benzene rings is 2. The number of ether oxygens (including phenoxy) is 1. The van der Waals surface area contributed by atoms with Crippen molar-refractivity contribution in [3.05, 3.63) is 52.8 Å².